The van der Waals surface area contributed by atoms with Gasteiger partial charge in [0, 0.05) is 30.1 Å². The number of fused-ring (bicyclic) bond motifs is 1. The summed E-state index contributed by atoms with van der Waals surface area (Å²) in [5.41, 5.74) is 7.21. The number of hydrogen-bond acceptors (Lipinski definition) is 3. The van der Waals surface area contributed by atoms with Crippen LogP contribution in [0.2, 0.25) is 0 Å². The first-order valence-electron chi connectivity index (χ1n) is 8.11. The van der Waals surface area contributed by atoms with Gasteiger partial charge in [0.1, 0.15) is 0 Å². The standard InChI is InChI=1S/C17H25FN2O/c1-2-13-6-3-4-9-20(13)10-12-11-21-17-14(16(12)19)7-5-8-15(17)18/h5,7-8,12-13,16H,2-4,6,9-11,19H2,1H3. The number of ether oxygens (including phenoxy) is 1. The van der Waals surface area contributed by atoms with Gasteiger partial charge >= 0.3 is 0 Å². The highest BCUT2D eigenvalue weighted by atomic mass is 19.1. The van der Waals surface area contributed by atoms with Crippen LogP contribution in [-0.2, 0) is 0 Å². The van der Waals surface area contributed by atoms with Gasteiger partial charge in [-0.05, 0) is 31.9 Å². The number of piperidine rings is 1. The fourth-order valence-electron chi connectivity index (χ4n) is 3.72. The lowest BCUT2D eigenvalue weighted by Gasteiger charge is -2.40. The monoisotopic (exact) mass is 292 g/mol. The van der Waals surface area contributed by atoms with E-state index in [1.165, 1.54) is 31.7 Å². The van der Waals surface area contributed by atoms with Crippen molar-refractivity contribution in [3.63, 3.8) is 0 Å². The quantitative estimate of drug-likeness (QED) is 0.930. The topological polar surface area (TPSA) is 38.5 Å². The van der Waals surface area contributed by atoms with Crippen LogP contribution < -0.4 is 10.5 Å². The average molecular weight is 292 g/mol. The van der Waals surface area contributed by atoms with Gasteiger partial charge in [-0.25, -0.2) is 4.39 Å². The van der Waals surface area contributed by atoms with Crippen molar-refractivity contribution in [3.8, 4) is 5.75 Å². The van der Waals surface area contributed by atoms with Crippen LogP contribution in [0, 0.1) is 11.7 Å². The lowest BCUT2D eigenvalue weighted by molar-refractivity contribution is 0.0835. The molecule has 0 amide bonds. The Morgan fingerprint density at radius 1 is 1.38 bits per heavy atom. The van der Waals surface area contributed by atoms with Gasteiger partial charge in [-0.2, -0.15) is 0 Å². The van der Waals surface area contributed by atoms with Crippen LogP contribution in [0.3, 0.4) is 0 Å². The molecule has 3 atom stereocenters. The molecule has 3 rings (SSSR count). The Balaban J connectivity index is 1.73. The molecule has 0 spiro atoms. The molecule has 116 valence electrons. The summed E-state index contributed by atoms with van der Waals surface area (Å²) in [6, 6.07) is 5.57. The van der Waals surface area contributed by atoms with Crippen molar-refractivity contribution in [2.45, 2.75) is 44.7 Å². The first kappa shape index (κ1) is 14.8. The van der Waals surface area contributed by atoms with Gasteiger partial charge in [0.2, 0.25) is 0 Å². The third kappa shape index (κ3) is 2.92. The number of halogens is 1. The molecule has 3 nitrogen and oxygen atoms in total. The fourth-order valence-corrected chi connectivity index (χ4v) is 3.72. The Hall–Kier alpha value is -1.13. The van der Waals surface area contributed by atoms with Crippen molar-refractivity contribution in [1.29, 1.82) is 0 Å². The van der Waals surface area contributed by atoms with Crippen molar-refractivity contribution >= 4 is 0 Å². The van der Waals surface area contributed by atoms with Crippen molar-refractivity contribution in [2.75, 3.05) is 19.7 Å². The average Bonchev–Trinajstić information content (AvgIpc) is 2.51. The number of likely N-dealkylation sites (tertiary alicyclic amines) is 1. The summed E-state index contributed by atoms with van der Waals surface area (Å²) in [5, 5.41) is 0. The zero-order chi connectivity index (χ0) is 14.8. The molecule has 0 aromatic heterocycles. The van der Waals surface area contributed by atoms with Crippen molar-refractivity contribution < 1.29 is 9.13 Å². The Morgan fingerprint density at radius 3 is 3.05 bits per heavy atom. The molecule has 1 fully saturated rings. The van der Waals surface area contributed by atoms with Crippen LogP contribution in [0.4, 0.5) is 4.39 Å². The number of benzene rings is 1. The number of para-hydroxylation sites is 1. The van der Waals surface area contributed by atoms with Crippen LogP contribution in [0.15, 0.2) is 18.2 Å². The van der Waals surface area contributed by atoms with E-state index < -0.39 is 0 Å². The first-order valence-corrected chi connectivity index (χ1v) is 8.11. The molecule has 2 aliphatic rings. The molecular formula is C17H25FN2O. The van der Waals surface area contributed by atoms with E-state index in [0.29, 0.717) is 18.4 Å². The van der Waals surface area contributed by atoms with Crippen LogP contribution in [0.1, 0.15) is 44.2 Å². The molecule has 1 aromatic rings. The minimum absolute atomic E-state index is 0.135. The second kappa shape index (κ2) is 6.32. The zero-order valence-electron chi connectivity index (χ0n) is 12.7. The molecular weight excluding hydrogens is 267 g/mol. The SMILES string of the molecule is CCC1CCCCN1CC1COc2c(F)cccc2C1N. The van der Waals surface area contributed by atoms with Gasteiger partial charge in [-0.1, -0.05) is 25.5 Å². The Morgan fingerprint density at radius 2 is 2.24 bits per heavy atom. The molecule has 1 aromatic carbocycles. The van der Waals surface area contributed by atoms with E-state index in [9.17, 15) is 4.39 Å². The first-order chi connectivity index (χ1) is 10.2. The summed E-state index contributed by atoms with van der Waals surface area (Å²) in [5.74, 6) is 0.296. The third-order valence-electron chi connectivity index (χ3n) is 5.00. The van der Waals surface area contributed by atoms with E-state index >= 15 is 0 Å². The lowest BCUT2D eigenvalue weighted by atomic mass is 9.89. The summed E-state index contributed by atoms with van der Waals surface area (Å²) in [6.07, 6.45) is 5.07. The largest absolute Gasteiger partial charge is 0.490 e. The molecule has 0 radical (unpaired) electrons. The van der Waals surface area contributed by atoms with Crippen LogP contribution >= 0.6 is 0 Å². The van der Waals surface area contributed by atoms with Crippen LogP contribution in [-0.4, -0.2) is 30.6 Å². The number of nitrogens with two attached hydrogens (primary N) is 1. The van der Waals surface area contributed by atoms with Crippen molar-refractivity contribution in [3.05, 3.63) is 29.6 Å². The summed E-state index contributed by atoms with van der Waals surface area (Å²) in [6.45, 7) is 4.88. The Labute approximate surface area is 126 Å². The summed E-state index contributed by atoms with van der Waals surface area (Å²) < 4.78 is 19.4. The molecule has 3 unspecified atom stereocenters. The fraction of sp³-hybridized carbons (Fsp3) is 0.647. The van der Waals surface area contributed by atoms with Gasteiger partial charge in [0.15, 0.2) is 11.6 Å². The summed E-state index contributed by atoms with van der Waals surface area (Å²) in [4.78, 5) is 2.56. The second-order valence-electron chi connectivity index (χ2n) is 6.31. The van der Waals surface area contributed by atoms with Gasteiger partial charge in [0.05, 0.1) is 6.61 Å². The van der Waals surface area contributed by atoms with Gasteiger partial charge in [-0.3, -0.25) is 4.90 Å². The smallest absolute Gasteiger partial charge is 0.165 e. The molecule has 2 aliphatic heterocycles. The molecule has 0 saturated carbocycles. The maximum atomic E-state index is 13.8. The van der Waals surface area contributed by atoms with Crippen molar-refractivity contribution in [1.82, 2.24) is 4.90 Å². The molecule has 1 saturated heterocycles. The van der Waals surface area contributed by atoms with E-state index in [1.54, 1.807) is 6.07 Å². The van der Waals surface area contributed by atoms with Crippen molar-refractivity contribution in [2.24, 2.45) is 11.7 Å². The second-order valence-corrected chi connectivity index (χ2v) is 6.31. The number of hydrogen-bond donors (Lipinski definition) is 1. The van der Waals surface area contributed by atoms with Gasteiger partial charge in [-0.15, -0.1) is 0 Å². The van der Waals surface area contributed by atoms with E-state index in [4.69, 9.17) is 10.5 Å². The predicted octanol–water partition coefficient (Wildman–Crippen LogP) is 3.10. The molecule has 2 N–H and O–H groups in total. The summed E-state index contributed by atoms with van der Waals surface area (Å²) >= 11 is 0. The normalized spacial score (nSPS) is 29.8. The number of nitrogens with zero attached hydrogens (tertiary/aromatic N) is 1. The highest BCUT2D eigenvalue weighted by Gasteiger charge is 2.33. The Kier molecular flexibility index (Phi) is 4.45. The molecule has 0 aliphatic carbocycles. The van der Waals surface area contributed by atoms with E-state index in [0.717, 1.165) is 18.7 Å². The predicted molar refractivity (Wildman–Crippen MR) is 81.8 cm³/mol. The lowest BCUT2D eigenvalue weighted by Crippen LogP contribution is -2.46. The van der Waals surface area contributed by atoms with E-state index in [1.807, 2.05) is 6.07 Å². The molecule has 4 heteroatoms. The third-order valence-corrected chi connectivity index (χ3v) is 5.00. The number of rotatable bonds is 3. The van der Waals surface area contributed by atoms with Crippen LogP contribution in [0.25, 0.3) is 0 Å². The maximum Gasteiger partial charge on any atom is 0.165 e. The van der Waals surface area contributed by atoms with E-state index in [2.05, 4.69) is 11.8 Å². The molecule has 21 heavy (non-hydrogen) atoms. The molecule has 0 bridgehead atoms. The summed E-state index contributed by atoms with van der Waals surface area (Å²) in [7, 11) is 0. The van der Waals surface area contributed by atoms with E-state index in [-0.39, 0.29) is 17.8 Å². The Bertz CT molecular complexity index is 494. The minimum atomic E-state index is -0.300. The van der Waals surface area contributed by atoms with Gasteiger partial charge < -0.3 is 10.5 Å². The highest BCUT2D eigenvalue weighted by Crippen LogP contribution is 2.36. The zero-order valence-corrected chi connectivity index (χ0v) is 12.7. The van der Waals surface area contributed by atoms with Gasteiger partial charge in [0.25, 0.3) is 0 Å². The van der Waals surface area contributed by atoms with Crippen LogP contribution in [0.5, 0.6) is 5.75 Å². The maximum absolute atomic E-state index is 13.8. The molecule has 2 heterocycles. The minimum Gasteiger partial charge on any atom is -0.490 e. The highest BCUT2D eigenvalue weighted by molar-refractivity contribution is 5.39.